The lowest BCUT2D eigenvalue weighted by Crippen LogP contribution is -2.55. The number of fused-ring (bicyclic) bond motifs is 1. The van der Waals surface area contributed by atoms with Gasteiger partial charge in [-0.05, 0) is 64.8 Å². The Morgan fingerprint density at radius 2 is 2.00 bits per heavy atom. The number of anilines is 1. The summed E-state index contributed by atoms with van der Waals surface area (Å²) in [6.07, 6.45) is 0.631. The number of ether oxygens (including phenoxy) is 1. The molecular weight excluding hydrogens is 379 g/mol. The number of hydrogen-bond acceptors (Lipinski definition) is 5. The Bertz CT molecular complexity index is 934. The molecule has 3 rings (SSSR count). The van der Waals surface area contributed by atoms with Crippen molar-refractivity contribution in [2.24, 2.45) is 0 Å². The van der Waals surface area contributed by atoms with Crippen molar-refractivity contribution >= 4 is 28.2 Å². The fraction of sp³-hybridized carbons (Fsp3) is 0.429. The molecule has 0 saturated heterocycles. The predicted molar refractivity (Wildman–Crippen MR) is 109 cm³/mol. The molecule has 7 heteroatoms. The third kappa shape index (κ3) is 3.95. The average Bonchev–Trinajstić information content (AvgIpc) is 2.92. The van der Waals surface area contributed by atoms with Crippen LogP contribution in [0.5, 0.6) is 0 Å². The Balaban J connectivity index is 2.07. The maximum absolute atomic E-state index is 13.5. The van der Waals surface area contributed by atoms with Gasteiger partial charge in [0.15, 0.2) is 0 Å². The largest absolute Gasteiger partial charge is 0.462 e. The van der Waals surface area contributed by atoms with Crippen molar-refractivity contribution in [3.05, 3.63) is 51.7 Å². The van der Waals surface area contributed by atoms with Gasteiger partial charge in [-0.25, -0.2) is 9.18 Å². The van der Waals surface area contributed by atoms with Crippen molar-refractivity contribution in [3.8, 4) is 0 Å². The second-order valence-electron chi connectivity index (χ2n) is 8.11. The first-order valence-electron chi connectivity index (χ1n) is 9.23. The second kappa shape index (κ2) is 7.29. The molecule has 1 amide bonds. The molecule has 2 aromatic rings. The molecule has 150 valence electrons. The molecule has 28 heavy (non-hydrogen) atoms. The molecule has 0 radical (unpaired) electrons. The van der Waals surface area contributed by atoms with E-state index in [9.17, 15) is 14.0 Å². The Labute approximate surface area is 168 Å². The number of halogens is 1. The summed E-state index contributed by atoms with van der Waals surface area (Å²) in [6, 6.07) is 5.46. The van der Waals surface area contributed by atoms with E-state index in [0.717, 1.165) is 10.4 Å². The van der Waals surface area contributed by atoms with Crippen LogP contribution in [0.1, 0.15) is 65.8 Å². The van der Waals surface area contributed by atoms with Gasteiger partial charge < -0.3 is 15.4 Å². The van der Waals surface area contributed by atoms with Gasteiger partial charge in [0.2, 0.25) is 0 Å². The summed E-state index contributed by atoms with van der Waals surface area (Å²) in [5, 5.41) is 6.82. The normalized spacial score (nSPS) is 16.9. The number of carbonyl (C=O) groups excluding carboxylic acids is 2. The van der Waals surface area contributed by atoms with Crippen LogP contribution in [0.2, 0.25) is 0 Å². The molecular formula is C21H25FN2O3S. The SMILES string of the molecule is CCOC(=O)c1c(NC(=O)c2cccc(F)c2)sc2c1CC(C)(C)NC2(C)C. The predicted octanol–water partition coefficient (Wildman–Crippen LogP) is 4.48. The summed E-state index contributed by atoms with van der Waals surface area (Å²) in [5.41, 5.74) is 0.896. The Morgan fingerprint density at radius 1 is 1.29 bits per heavy atom. The van der Waals surface area contributed by atoms with Crippen molar-refractivity contribution in [1.82, 2.24) is 5.32 Å². The molecule has 1 aliphatic heterocycles. The number of thiophene rings is 1. The highest BCUT2D eigenvalue weighted by atomic mass is 32.1. The molecule has 5 nitrogen and oxygen atoms in total. The highest BCUT2D eigenvalue weighted by Crippen LogP contribution is 2.45. The van der Waals surface area contributed by atoms with Crippen molar-refractivity contribution in [2.45, 2.75) is 52.1 Å². The molecule has 1 aromatic carbocycles. The van der Waals surface area contributed by atoms with E-state index in [-0.39, 0.29) is 23.2 Å². The van der Waals surface area contributed by atoms with E-state index in [1.54, 1.807) is 6.92 Å². The van der Waals surface area contributed by atoms with E-state index in [1.807, 2.05) is 0 Å². The zero-order valence-electron chi connectivity index (χ0n) is 16.7. The summed E-state index contributed by atoms with van der Waals surface area (Å²) in [4.78, 5) is 26.4. The van der Waals surface area contributed by atoms with E-state index in [4.69, 9.17) is 4.74 Å². The summed E-state index contributed by atoms with van der Waals surface area (Å²) in [5.74, 6) is -1.41. The van der Waals surface area contributed by atoms with Crippen molar-refractivity contribution in [1.29, 1.82) is 0 Å². The summed E-state index contributed by atoms with van der Waals surface area (Å²) in [7, 11) is 0. The fourth-order valence-electron chi connectivity index (χ4n) is 3.84. The van der Waals surface area contributed by atoms with Crippen LogP contribution in [0.3, 0.4) is 0 Å². The third-order valence-electron chi connectivity index (χ3n) is 4.64. The third-order valence-corrected chi connectivity index (χ3v) is 6.11. The maximum atomic E-state index is 13.5. The Morgan fingerprint density at radius 3 is 2.64 bits per heavy atom. The molecule has 1 aliphatic rings. The van der Waals surface area contributed by atoms with Gasteiger partial charge in [-0.3, -0.25) is 4.79 Å². The van der Waals surface area contributed by atoms with Gasteiger partial charge in [-0.2, -0.15) is 0 Å². The van der Waals surface area contributed by atoms with Crippen molar-refractivity contribution < 1.29 is 18.7 Å². The molecule has 0 atom stereocenters. The van der Waals surface area contributed by atoms with E-state index >= 15 is 0 Å². The first-order valence-corrected chi connectivity index (χ1v) is 10.1. The van der Waals surface area contributed by atoms with Crippen LogP contribution in [-0.2, 0) is 16.7 Å². The van der Waals surface area contributed by atoms with Crippen molar-refractivity contribution in [2.75, 3.05) is 11.9 Å². The lowest BCUT2D eigenvalue weighted by molar-refractivity contribution is 0.0526. The molecule has 0 aliphatic carbocycles. The number of nitrogens with one attached hydrogen (secondary N) is 2. The minimum atomic E-state index is -0.490. The standard InChI is InChI=1S/C21H25FN2O3S/c1-6-27-19(26)15-14-11-20(2,3)24-21(4,5)16(14)28-18(15)23-17(25)12-8-7-9-13(22)10-12/h7-10,24H,6,11H2,1-5H3,(H,23,25). The maximum Gasteiger partial charge on any atom is 0.341 e. The van der Waals surface area contributed by atoms with Gasteiger partial charge >= 0.3 is 5.97 Å². The van der Waals surface area contributed by atoms with Crippen LogP contribution >= 0.6 is 11.3 Å². The zero-order valence-corrected chi connectivity index (χ0v) is 17.6. The first-order chi connectivity index (χ1) is 13.0. The van der Waals surface area contributed by atoms with Crippen molar-refractivity contribution in [3.63, 3.8) is 0 Å². The lowest BCUT2D eigenvalue weighted by atomic mass is 9.81. The molecule has 0 fully saturated rings. The van der Waals surface area contributed by atoms with Crippen LogP contribution in [0.15, 0.2) is 24.3 Å². The molecule has 0 bridgehead atoms. The van der Waals surface area contributed by atoms with Gasteiger partial charge in [0.25, 0.3) is 5.91 Å². The minimum absolute atomic E-state index is 0.193. The van der Waals surface area contributed by atoms with Gasteiger partial charge in [-0.1, -0.05) is 6.07 Å². The fourth-order valence-corrected chi connectivity index (χ4v) is 5.10. The first kappa shape index (κ1) is 20.5. The number of esters is 1. The molecule has 0 saturated carbocycles. The highest BCUT2D eigenvalue weighted by Gasteiger charge is 2.42. The summed E-state index contributed by atoms with van der Waals surface area (Å²) >= 11 is 1.36. The molecule has 0 spiro atoms. The highest BCUT2D eigenvalue weighted by molar-refractivity contribution is 7.17. The number of hydrogen-bond donors (Lipinski definition) is 2. The van der Waals surface area contributed by atoms with Gasteiger partial charge in [0, 0.05) is 21.5 Å². The number of amides is 1. The van der Waals surface area contributed by atoms with Gasteiger partial charge in [-0.15, -0.1) is 11.3 Å². The van der Waals surface area contributed by atoms with Crippen LogP contribution < -0.4 is 10.6 Å². The molecule has 0 unspecified atom stereocenters. The van der Waals surface area contributed by atoms with E-state index < -0.39 is 17.7 Å². The molecule has 2 heterocycles. The Kier molecular flexibility index (Phi) is 5.34. The summed E-state index contributed by atoms with van der Waals surface area (Å²) in [6.45, 7) is 10.3. The number of rotatable bonds is 4. The van der Waals surface area contributed by atoms with Crippen LogP contribution in [0, 0.1) is 5.82 Å². The van der Waals surface area contributed by atoms with Crippen LogP contribution in [0.25, 0.3) is 0 Å². The summed E-state index contributed by atoms with van der Waals surface area (Å²) < 4.78 is 18.8. The molecule has 1 aromatic heterocycles. The zero-order chi connectivity index (χ0) is 20.7. The van der Waals surface area contributed by atoms with E-state index in [2.05, 4.69) is 38.3 Å². The number of benzene rings is 1. The number of carbonyl (C=O) groups is 2. The van der Waals surface area contributed by atoms with E-state index in [1.165, 1.54) is 35.6 Å². The quantitative estimate of drug-likeness (QED) is 0.738. The second-order valence-corrected chi connectivity index (χ2v) is 9.13. The topological polar surface area (TPSA) is 67.4 Å². The Hall–Kier alpha value is -2.25. The molecule has 2 N–H and O–H groups in total. The smallest absolute Gasteiger partial charge is 0.341 e. The van der Waals surface area contributed by atoms with Gasteiger partial charge in [0.1, 0.15) is 10.8 Å². The van der Waals surface area contributed by atoms with Crippen LogP contribution in [-0.4, -0.2) is 24.0 Å². The minimum Gasteiger partial charge on any atom is -0.462 e. The van der Waals surface area contributed by atoms with E-state index in [0.29, 0.717) is 17.0 Å². The average molecular weight is 405 g/mol. The van der Waals surface area contributed by atoms with Gasteiger partial charge in [0.05, 0.1) is 12.2 Å². The van der Waals surface area contributed by atoms with Crippen LogP contribution in [0.4, 0.5) is 9.39 Å². The monoisotopic (exact) mass is 404 g/mol. The lowest BCUT2D eigenvalue weighted by Gasteiger charge is -2.42.